The molecule has 1 N–H and O–H groups in total. The summed E-state index contributed by atoms with van der Waals surface area (Å²) in [6.07, 6.45) is 0. The number of amides is 1. The predicted molar refractivity (Wildman–Crippen MR) is 141 cm³/mol. The Bertz CT molecular complexity index is 1430. The van der Waals surface area contributed by atoms with Crippen molar-refractivity contribution in [1.29, 1.82) is 0 Å². The van der Waals surface area contributed by atoms with Gasteiger partial charge in [-0.3, -0.25) is 19.3 Å². The van der Waals surface area contributed by atoms with Gasteiger partial charge in [0.15, 0.2) is 22.4 Å². The van der Waals surface area contributed by atoms with Gasteiger partial charge in [0.2, 0.25) is 5.75 Å². The summed E-state index contributed by atoms with van der Waals surface area (Å²) in [5.74, 6) is -0.962. The van der Waals surface area contributed by atoms with Crippen molar-refractivity contribution in [2.45, 2.75) is 19.9 Å². The number of carbonyl (C=O) groups is 3. The Kier molecular flexibility index (Phi) is 7.40. The molecule has 0 bridgehead atoms. The minimum Gasteiger partial charge on any atom is -0.507 e. The zero-order chi connectivity index (χ0) is 27.7. The van der Waals surface area contributed by atoms with Crippen LogP contribution in [0.1, 0.15) is 39.5 Å². The number of methoxy groups -OCH3 is 4. The second-order valence-electron chi connectivity index (χ2n) is 8.32. The molecule has 0 spiro atoms. The van der Waals surface area contributed by atoms with E-state index in [1.165, 1.54) is 40.3 Å². The molecule has 0 unspecified atom stereocenters. The maximum absolute atomic E-state index is 13.5. The highest BCUT2D eigenvalue weighted by Crippen LogP contribution is 2.48. The van der Waals surface area contributed by atoms with Crippen molar-refractivity contribution in [3.8, 4) is 23.0 Å². The molecule has 2 aromatic carbocycles. The smallest absolute Gasteiger partial charge is 0.301 e. The van der Waals surface area contributed by atoms with E-state index in [0.29, 0.717) is 33.2 Å². The Morgan fingerprint density at radius 2 is 1.58 bits per heavy atom. The van der Waals surface area contributed by atoms with E-state index in [1.807, 2.05) is 0 Å². The van der Waals surface area contributed by atoms with Gasteiger partial charge in [0.25, 0.3) is 5.78 Å². The van der Waals surface area contributed by atoms with Gasteiger partial charge in [-0.05, 0) is 48.9 Å². The molecule has 10 nitrogen and oxygen atoms in total. The number of aliphatic hydroxyl groups is 1. The van der Waals surface area contributed by atoms with Crippen molar-refractivity contribution in [2.75, 3.05) is 33.3 Å². The topological polar surface area (TPSA) is 124 Å². The molecule has 2 heterocycles. The van der Waals surface area contributed by atoms with Crippen LogP contribution in [-0.4, -0.2) is 56.0 Å². The zero-order valence-corrected chi connectivity index (χ0v) is 22.5. The highest BCUT2D eigenvalue weighted by Gasteiger charge is 2.49. The zero-order valence-electron chi connectivity index (χ0n) is 21.6. The van der Waals surface area contributed by atoms with Gasteiger partial charge in [0.05, 0.1) is 50.6 Å². The first-order valence-electron chi connectivity index (χ1n) is 11.4. The lowest BCUT2D eigenvalue weighted by atomic mass is 9.94. The summed E-state index contributed by atoms with van der Waals surface area (Å²) in [6.45, 7) is 3.05. The van der Waals surface area contributed by atoms with Crippen LogP contribution in [0.5, 0.6) is 23.0 Å². The lowest BCUT2D eigenvalue weighted by Gasteiger charge is -2.24. The van der Waals surface area contributed by atoms with Gasteiger partial charge in [0, 0.05) is 12.5 Å². The predicted octanol–water partition coefficient (Wildman–Crippen LogP) is 4.31. The number of carbonyl (C=O) groups excluding carboxylic acids is 3. The van der Waals surface area contributed by atoms with Crippen LogP contribution in [0.15, 0.2) is 42.0 Å². The summed E-state index contributed by atoms with van der Waals surface area (Å²) in [5, 5.41) is 11.5. The molecule has 0 saturated carbocycles. The molecule has 38 heavy (non-hydrogen) atoms. The second kappa shape index (κ2) is 10.5. The van der Waals surface area contributed by atoms with E-state index in [1.54, 1.807) is 43.3 Å². The van der Waals surface area contributed by atoms with Gasteiger partial charge in [-0.15, -0.1) is 0 Å². The second-order valence-corrected chi connectivity index (χ2v) is 9.30. The molecule has 3 aromatic rings. The molecule has 1 fully saturated rings. The summed E-state index contributed by atoms with van der Waals surface area (Å²) in [6, 6.07) is 8.49. The third-order valence-electron chi connectivity index (χ3n) is 6.12. The molecular formula is C27H26N2O8S. The number of rotatable bonds is 8. The van der Waals surface area contributed by atoms with Crippen LogP contribution in [0.3, 0.4) is 0 Å². The summed E-state index contributed by atoms with van der Waals surface area (Å²) in [5.41, 5.74) is 0.969. The van der Waals surface area contributed by atoms with Gasteiger partial charge in [-0.25, -0.2) is 4.98 Å². The Morgan fingerprint density at radius 1 is 0.974 bits per heavy atom. The summed E-state index contributed by atoms with van der Waals surface area (Å²) < 4.78 is 21.6. The number of nitrogens with zero attached hydrogens (tertiary/aromatic N) is 2. The van der Waals surface area contributed by atoms with E-state index in [-0.39, 0.29) is 33.7 Å². The average Bonchev–Trinajstić information content (AvgIpc) is 3.43. The van der Waals surface area contributed by atoms with Gasteiger partial charge in [0.1, 0.15) is 11.5 Å². The number of hydrogen-bond acceptors (Lipinski definition) is 10. The van der Waals surface area contributed by atoms with E-state index in [9.17, 15) is 19.5 Å². The molecule has 1 aliphatic rings. The molecule has 4 rings (SSSR count). The molecule has 11 heteroatoms. The summed E-state index contributed by atoms with van der Waals surface area (Å²) in [4.78, 5) is 45.0. The van der Waals surface area contributed by atoms with Crippen LogP contribution >= 0.6 is 11.3 Å². The number of anilines is 1. The number of aryl methyl sites for hydroxylation is 1. The van der Waals surface area contributed by atoms with Crippen molar-refractivity contribution < 1.29 is 38.4 Å². The monoisotopic (exact) mass is 538 g/mol. The standard InChI is InChI=1S/C27H26N2O8S/c1-13-25(14(2)30)38-27(28-13)29-21(16-11-18(35-4)24(37-6)19(12-16)36-5)20(23(32)26(29)33)22(31)15-7-9-17(34-3)10-8-15/h7-12,21,31H,1-6H3/t21-/m0/s1. The maximum Gasteiger partial charge on any atom is 0.301 e. The van der Waals surface area contributed by atoms with Crippen LogP contribution < -0.4 is 23.8 Å². The summed E-state index contributed by atoms with van der Waals surface area (Å²) in [7, 11) is 5.85. The summed E-state index contributed by atoms with van der Waals surface area (Å²) >= 11 is 0.995. The number of thiazole rings is 1. The molecule has 1 atom stereocenters. The van der Waals surface area contributed by atoms with Crippen LogP contribution in [0.2, 0.25) is 0 Å². The van der Waals surface area contributed by atoms with Gasteiger partial charge in [-0.1, -0.05) is 11.3 Å². The number of ketones is 2. The van der Waals surface area contributed by atoms with Gasteiger partial charge in [-0.2, -0.15) is 0 Å². The number of benzene rings is 2. The highest BCUT2D eigenvalue weighted by molar-refractivity contribution is 7.18. The minimum absolute atomic E-state index is 0.141. The van der Waals surface area contributed by atoms with Crippen molar-refractivity contribution in [2.24, 2.45) is 0 Å². The van der Waals surface area contributed by atoms with Crippen LogP contribution in [-0.2, 0) is 9.59 Å². The SMILES string of the molecule is COc1ccc(C(O)=C2C(=O)C(=O)N(c3nc(C)c(C(C)=O)s3)[C@H]2c2cc(OC)c(OC)c(OC)c2)cc1. The number of aliphatic hydroxyl groups excluding tert-OH is 1. The number of ether oxygens (including phenoxy) is 4. The van der Waals surface area contributed by atoms with Crippen molar-refractivity contribution in [3.63, 3.8) is 0 Å². The lowest BCUT2D eigenvalue weighted by molar-refractivity contribution is -0.132. The largest absolute Gasteiger partial charge is 0.507 e. The Hall–Kier alpha value is -4.38. The van der Waals surface area contributed by atoms with Crippen LogP contribution in [0.4, 0.5) is 5.13 Å². The van der Waals surface area contributed by atoms with Crippen molar-refractivity contribution in [1.82, 2.24) is 4.98 Å². The first-order valence-corrected chi connectivity index (χ1v) is 12.2. The van der Waals surface area contributed by atoms with E-state index in [2.05, 4.69) is 4.98 Å². The number of hydrogen-bond donors (Lipinski definition) is 1. The van der Waals surface area contributed by atoms with E-state index >= 15 is 0 Å². The fraction of sp³-hybridized carbons (Fsp3) is 0.259. The molecule has 198 valence electrons. The van der Waals surface area contributed by atoms with Crippen LogP contribution in [0.25, 0.3) is 5.76 Å². The van der Waals surface area contributed by atoms with Crippen molar-refractivity contribution in [3.05, 3.63) is 63.7 Å². The third kappa shape index (κ3) is 4.45. The molecule has 1 amide bonds. The highest BCUT2D eigenvalue weighted by atomic mass is 32.1. The Morgan fingerprint density at radius 3 is 2.05 bits per heavy atom. The van der Waals surface area contributed by atoms with Crippen molar-refractivity contribution >= 4 is 39.7 Å². The quantitative estimate of drug-likeness (QED) is 0.193. The van der Waals surface area contributed by atoms with Gasteiger partial charge < -0.3 is 24.1 Å². The van der Waals surface area contributed by atoms with E-state index < -0.39 is 17.7 Å². The molecule has 1 aromatic heterocycles. The fourth-order valence-corrected chi connectivity index (χ4v) is 5.31. The first-order chi connectivity index (χ1) is 18.2. The maximum atomic E-state index is 13.5. The van der Waals surface area contributed by atoms with E-state index in [0.717, 1.165) is 11.3 Å². The minimum atomic E-state index is -1.11. The molecule has 1 aliphatic heterocycles. The van der Waals surface area contributed by atoms with E-state index in [4.69, 9.17) is 18.9 Å². The van der Waals surface area contributed by atoms with Gasteiger partial charge >= 0.3 is 5.91 Å². The average molecular weight is 539 g/mol. The first kappa shape index (κ1) is 26.7. The Balaban J connectivity index is 2.01. The molecule has 1 saturated heterocycles. The molecule has 0 aliphatic carbocycles. The Labute approximate surface area is 223 Å². The number of Topliss-reactive ketones (excluding diaryl/α,β-unsaturated/α-hetero) is 2. The fourth-order valence-electron chi connectivity index (χ4n) is 4.32. The normalized spacial score (nSPS) is 16.5. The van der Waals surface area contributed by atoms with Crippen LogP contribution in [0, 0.1) is 6.92 Å². The molecule has 0 radical (unpaired) electrons. The molecular weight excluding hydrogens is 512 g/mol. The number of aromatic nitrogens is 1. The third-order valence-corrected chi connectivity index (χ3v) is 7.38. The lowest BCUT2D eigenvalue weighted by Crippen LogP contribution is -2.29.